The smallest absolute Gasteiger partial charge is 0.320 e. The van der Waals surface area contributed by atoms with Crippen LogP contribution >= 0.6 is 0 Å². The molecule has 2 atom stereocenters. The van der Waals surface area contributed by atoms with Crippen LogP contribution < -0.4 is 4.74 Å². The highest BCUT2D eigenvalue weighted by atomic mass is 16.5. The SMILES string of the molecule is COc1ccccc1C(c1ccc(C)cn1)N1CCCC1C(=O)O. The Bertz CT molecular complexity index is 715. The maximum absolute atomic E-state index is 11.7. The average molecular weight is 326 g/mol. The summed E-state index contributed by atoms with van der Waals surface area (Å²) in [6, 6.07) is 11.0. The monoisotopic (exact) mass is 326 g/mol. The van der Waals surface area contributed by atoms with E-state index in [1.165, 1.54) is 0 Å². The first kappa shape index (κ1) is 16.5. The summed E-state index contributed by atoms with van der Waals surface area (Å²) in [5, 5.41) is 9.60. The van der Waals surface area contributed by atoms with Crippen molar-refractivity contribution in [3.05, 3.63) is 59.4 Å². The molecule has 2 unspecified atom stereocenters. The maximum atomic E-state index is 11.7. The van der Waals surface area contributed by atoms with Crippen LogP contribution in [0.15, 0.2) is 42.6 Å². The molecule has 1 aliphatic rings. The molecule has 2 aromatic rings. The van der Waals surface area contributed by atoms with Gasteiger partial charge >= 0.3 is 5.97 Å². The molecule has 1 aromatic heterocycles. The van der Waals surface area contributed by atoms with E-state index >= 15 is 0 Å². The molecular formula is C19H22N2O3. The van der Waals surface area contributed by atoms with Crippen LogP contribution in [-0.2, 0) is 4.79 Å². The van der Waals surface area contributed by atoms with E-state index in [1.807, 2.05) is 54.4 Å². The van der Waals surface area contributed by atoms with Gasteiger partial charge in [0.1, 0.15) is 11.8 Å². The number of pyridine rings is 1. The zero-order valence-corrected chi connectivity index (χ0v) is 14.0. The van der Waals surface area contributed by atoms with Gasteiger partial charge in [-0.2, -0.15) is 0 Å². The summed E-state index contributed by atoms with van der Waals surface area (Å²) in [5.74, 6) is -0.0274. The summed E-state index contributed by atoms with van der Waals surface area (Å²) in [5.41, 5.74) is 2.87. The summed E-state index contributed by atoms with van der Waals surface area (Å²) >= 11 is 0. The molecule has 24 heavy (non-hydrogen) atoms. The number of ether oxygens (including phenoxy) is 1. The van der Waals surface area contributed by atoms with Gasteiger partial charge in [0.05, 0.1) is 18.8 Å². The first-order chi connectivity index (χ1) is 11.6. The highest BCUT2D eigenvalue weighted by Crippen LogP contribution is 2.38. The zero-order chi connectivity index (χ0) is 17.1. The van der Waals surface area contributed by atoms with Crippen LogP contribution in [0.2, 0.25) is 0 Å². The Kier molecular flexibility index (Phi) is 4.81. The van der Waals surface area contributed by atoms with Gasteiger partial charge in [0.25, 0.3) is 0 Å². The Hall–Kier alpha value is -2.40. The van der Waals surface area contributed by atoms with Gasteiger partial charge in [0, 0.05) is 18.3 Å². The van der Waals surface area contributed by atoms with Crippen molar-refractivity contribution in [2.24, 2.45) is 0 Å². The molecule has 1 N–H and O–H groups in total. The molecule has 0 saturated carbocycles. The molecule has 0 radical (unpaired) electrons. The van der Waals surface area contributed by atoms with E-state index in [-0.39, 0.29) is 6.04 Å². The number of aliphatic carboxylic acids is 1. The predicted molar refractivity (Wildman–Crippen MR) is 91.2 cm³/mol. The van der Waals surface area contributed by atoms with Crippen LogP contribution in [0.5, 0.6) is 5.75 Å². The molecule has 0 spiro atoms. The number of nitrogens with zero attached hydrogens (tertiary/aromatic N) is 2. The highest BCUT2D eigenvalue weighted by molar-refractivity contribution is 5.74. The van der Waals surface area contributed by atoms with Crippen LogP contribution in [0.4, 0.5) is 0 Å². The minimum absolute atomic E-state index is 0.231. The fourth-order valence-electron chi connectivity index (χ4n) is 3.40. The molecular weight excluding hydrogens is 304 g/mol. The second kappa shape index (κ2) is 7.01. The van der Waals surface area contributed by atoms with Crippen molar-refractivity contribution in [1.82, 2.24) is 9.88 Å². The number of carboxylic acids is 1. The number of carboxylic acid groups (broad SMARTS) is 1. The molecule has 1 aromatic carbocycles. The number of hydrogen-bond donors (Lipinski definition) is 1. The molecule has 1 aliphatic heterocycles. The third kappa shape index (κ3) is 3.12. The first-order valence-corrected chi connectivity index (χ1v) is 8.16. The minimum Gasteiger partial charge on any atom is -0.496 e. The van der Waals surface area contributed by atoms with E-state index in [9.17, 15) is 9.90 Å². The van der Waals surface area contributed by atoms with Gasteiger partial charge in [-0.15, -0.1) is 0 Å². The average Bonchev–Trinajstić information content (AvgIpc) is 3.07. The number of carbonyl (C=O) groups is 1. The topological polar surface area (TPSA) is 62.7 Å². The summed E-state index contributed by atoms with van der Waals surface area (Å²) in [7, 11) is 1.64. The standard InChI is InChI=1S/C19H22N2O3/c1-13-9-10-15(20-12-13)18(14-6-3-4-8-17(14)24-2)21-11-5-7-16(21)19(22)23/h3-4,6,8-10,12,16,18H,5,7,11H2,1-2H3,(H,22,23). The lowest BCUT2D eigenvalue weighted by Gasteiger charge is -2.32. The third-order valence-electron chi connectivity index (χ3n) is 4.56. The largest absolute Gasteiger partial charge is 0.496 e. The molecule has 126 valence electrons. The van der Waals surface area contributed by atoms with Crippen molar-refractivity contribution >= 4 is 5.97 Å². The van der Waals surface area contributed by atoms with Gasteiger partial charge in [0.15, 0.2) is 0 Å². The number of para-hydroxylation sites is 1. The molecule has 0 aliphatic carbocycles. The van der Waals surface area contributed by atoms with E-state index in [2.05, 4.69) is 4.98 Å². The van der Waals surface area contributed by atoms with Crippen LogP contribution in [0.3, 0.4) is 0 Å². The van der Waals surface area contributed by atoms with E-state index in [0.717, 1.165) is 35.5 Å². The fraction of sp³-hybridized carbons (Fsp3) is 0.368. The zero-order valence-electron chi connectivity index (χ0n) is 14.0. The van der Waals surface area contributed by atoms with E-state index in [1.54, 1.807) is 7.11 Å². The molecule has 2 heterocycles. The lowest BCUT2D eigenvalue weighted by molar-refractivity contribution is -0.142. The number of benzene rings is 1. The lowest BCUT2D eigenvalue weighted by atomic mass is 9.99. The molecule has 0 bridgehead atoms. The number of rotatable bonds is 5. The van der Waals surface area contributed by atoms with Crippen LogP contribution in [0, 0.1) is 6.92 Å². The predicted octanol–water partition coefficient (Wildman–Crippen LogP) is 3.04. The van der Waals surface area contributed by atoms with Crippen LogP contribution in [0.25, 0.3) is 0 Å². The molecule has 5 heteroatoms. The number of aryl methyl sites for hydroxylation is 1. The van der Waals surface area contributed by atoms with Gasteiger partial charge < -0.3 is 9.84 Å². The number of likely N-dealkylation sites (tertiary alicyclic amines) is 1. The normalized spacial score (nSPS) is 19.2. The maximum Gasteiger partial charge on any atom is 0.320 e. The molecule has 3 rings (SSSR count). The fourth-order valence-corrected chi connectivity index (χ4v) is 3.40. The quantitative estimate of drug-likeness (QED) is 0.915. The first-order valence-electron chi connectivity index (χ1n) is 8.16. The summed E-state index contributed by atoms with van der Waals surface area (Å²) in [6.45, 7) is 2.72. The number of aromatic nitrogens is 1. The highest BCUT2D eigenvalue weighted by Gasteiger charge is 2.38. The third-order valence-corrected chi connectivity index (χ3v) is 4.56. The van der Waals surface area contributed by atoms with Gasteiger partial charge in [-0.3, -0.25) is 14.7 Å². The Morgan fingerprint density at radius 3 is 2.79 bits per heavy atom. The second-order valence-corrected chi connectivity index (χ2v) is 6.14. The molecule has 0 amide bonds. The Morgan fingerprint density at radius 1 is 1.33 bits per heavy atom. The Morgan fingerprint density at radius 2 is 2.12 bits per heavy atom. The van der Waals surface area contributed by atoms with Gasteiger partial charge in [-0.1, -0.05) is 24.3 Å². The second-order valence-electron chi connectivity index (χ2n) is 6.14. The van der Waals surface area contributed by atoms with E-state index in [4.69, 9.17) is 4.74 Å². The van der Waals surface area contributed by atoms with Gasteiger partial charge in [0.2, 0.25) is 0 Å². The lowest BCUT2D eigenvalue weighted by Crippen LogP contribution is -2.39. The van der Waals surface area contributed by atoms with Gasteiger partial charge in [-0.05, 0) is 37.5 Å². The minimum atomic E-state index is -0.778. The van der Waals surface area contributed by atoms with Crippen LogP contribution in [-0.4, -0.2) is 40.7 Å². The number of hydrogen-bond acceptors (Lipinski definition) is 4. The molecule has 1 saturated heterocycles. The molecule has 1 fully saturated rings. The van der Waals surface area contributed by atoms with Crippen molar-refractivity contribution in [3.63, 3.8) is 0 Å². The Balaban J connectivity index is 2.10. The van der Waals surface area contributed by atoms with Crippen molar-refractivity contribution in [2.45, 2.75) is 31.8 Å². The summed E-state index contributed by atoms with van der Waals surface area (Å²) in [4.78, 5) is 18.3. The van der Waals surface area contributed by atoms with Crippen LogP contribution in [0.1, 0.15) is 35.7 Å². The Labute approximate surface area is 141 Å². The summed E-state index contributed by atoms with van der Waals surface area (Å²) in [6.07, 6.45) is 3.35. The van der Waals surface area contributed by atoms with Crippen molar-refractivity contribution < 1.29 is 14.6 Å². The van der Waals surface area contributed by atoms with Crippen molar-refractivity contribution in [1.29, 1.82) is 0 Å². The van der Waals surface area contributed by atoms with Gasteiger partial charge in [-0.25, -0.2) is 0 Å². The molecule has 5 nitrogen and oxygen atoms in total. The van der Waals surface area contributed by atoms with Crippen molar-refractivity contribution in [2.75, 3.05) is 13.7 Å². The summed E-state index contributed by atoms with van der Waals surface area (Å²) < 4.78 is 5.52. The van der Waals surface area contributed by atoms with E-state index in [0.29, 0.717) is 6.42 Å². The van der Waals surface area contributed by atoms with E-state index < -0.39 is 12.0 Å². The van der Waals surface area contributed by atoms with Crippen molar-refractivity contribution in [3.8, 4) is 5.75 Å². The number of methoxy groups -OCH3 is 1.